The predicted octanol–water partition coefficient (Wildman–Crippen LogP) is 5.51. The fraction of sp³-hybridized carbons (Fsp3) is 0.318. The minimum atomic E-state index is -0.782. The summed E-state index contributed by atoms with van der Waals surface area (Å²) in [5, 5.41) is 0. The maximum absolute atomic E-state index is 13.3. The molecular weight excluding hydrogens is 329 g/mol. The summed E-state index contributed by atoms with van der Waals surface area (Å²) in [6.07, 6.45) is 2.52. The quantitative estimate of drug-likeness (QED) is 0.663. The number of carbonyl (C=O) groups is 1. The second-order valence-corrected chi connectivity index (χ2v) is 6.89. The molecule has 2 aromatic carbocycles. The van der Waals surface area contributed by atoms with Crippen LogP contribution in [0.1, 0.15) is 42.5 Å². The Morgan fingerprint density at radius 1 is 1.23 bits per heavy atom. The van der Waals surface area contributed by atoms with Crippen molar-refractivity contribution in [1.29, 1.82) is 0 Å². The van der Waals surface area contributed by atoms with E-state index in [-0.39, 0.29) is 18.0 Å². The molecule has 0 saturated carbocycles. The summed E-state index contributed by atoms with van der Waals surface area (Å²) in [6, 6.07) is 14.3. The summed E-state index contributed by atoms with van der Waals surface area (Å²) in [7, 11) is 0. The molecule has 1 aliphatic rings. The molecule has 1 amide bonds. The van der Waals surface area contributed by atoms with Gasteiger partial charge >= 0.3 is 6.09 Å². The van der Waals surface area contributed by atoms with Crippen LogP contribution in [0, 0.1) is 12.7 Å². The van der Waals surface area contributed by atoms with Crippen LogP contribution in [0.4, 0.5) is 9.18 Å². The standard InChI is InChI=1S/C22H24FNO2/c1-4-13-22(19-9-11-20(23)12-10-19)14-15-24(21(25)26-22)17(3)18-7-5-16(2)6-8-18/h4-12,17H,1,13-15H2,2-3H3/t17-,22+/m0/s1. The van der Waals surface area contributed by atoms with Crippen LogP contribution < -0.4 is 0 Å². The van der Waals surface area contributed by atoms with Crippen molar-refractivity contribution in [3.63, 3.8) is 0 Å². The van der Waals surface area contributed by atoms with Gasteiger partial charge in [-0.05, 0) is 37.1 Å². The molecule has 0 N–H and O–H groups in total. The Hall–Kier alpha value is -2.62. The first kappa shape index (κ1) is 18.2. The van der Waals surface area contributed by atoms with E-state index in [1.165, 1.54) is 17.7 Å². The first-order valence-corrected chi connectivity index (χ1v) is 8.88. The van der Waals surface area contributed by atoms with E-state index in [0.29, 0.717) is 19.4 Å². The highest BCUT2D eigenvalue weighted by molar-refractivity contribution is 5.70. The molecule has 0 radical (unpaired) electrons. The molecule has 3 rings (SSSR count). The van der Waals surface area contributed by atoms with Crippen LogP contribution in [-0.2, 0) is 10.3 Å². The van der Waals surface area contributed by atoms with Gasteiger partial charge in [0, 0.05) is 19.4 Å². The predicted molar refractivity (Wildman–Crippen MR) is 100 cm³/mol. The first-order valence-electron chi connectivity index (χ1n) is 8.88. The average molecular weight is 353 g/mol. The van der Waals surface area contributed by atoms with Gasteiger partial charge in [0.05, 0.1) is 6.04 Å². The van der Waals surface area contributed by atoms with Gasteiger partial charge in [0.1, 0.15) is 11.4 Å². The number of hydrogen-bond acceptors (Lipinski definition) is 2. The molecule has 1 saturated heterocycles. The first-order chi connectivity index (χ1) is 12.4. The van der Waals surface area contributed by atoms with Gasteiger partial charge in [-0.15, -0.1) is 6.58 Å². The van der Waals surface area contributed by atoms with Gasteiger partial charge < -0.3 is 9.64 Å². The fourth-order valence-electron chi connectivity index (χ4n) is 3.50. The van der Waals surface area contributed by atoms with Gasteiger partial charge in [-0.1, -0.05) is 48.0 Å². The van der Waals surface area contributed by atoms with Crippen molar-refractivity contribution in [2.75, 3.05) is 6.54 Å². The maximum atomic E-state index is 13.3. The monoisotopic (exact) mass is 353 g/mol. The number of nitrogens with zero attached hydrogens (tertiary/aromatic N) is 1. The number of aryl methyl sites for hydroxylation is 1. The third kappa shape index (κ3) is 3.50. The molecule has 2 atom stereocenters. The minimum absolute atomic E-state index is 0.0713. The van der Waals surface area contributed by atoms with E-state index < -0.39 is 5.60 Å². The van der Waals surface area contributed by atoms with Crippen molar-refractivity contribution >= 4 is 6.09 Å². The normalized spacial score (nSPS) is 21.2. The van der Waals surface area contributed by atoms with Gasteiger partial charge in [0.25, 0.3) is 0 Å². The Kier molecular flexibility index (Phi) is 5.12. The van der Waals surface area contributed by atoms with Crippen LogP contribution in [0.25, 0.3) is 0 Å². The summed E-state index contributed by atoms with van der Waals surface area (Å²) in [5.74, 6) is -0.306. The molecule has 136 valence electrons. The van der Waals surface area contributed by atoms with E-state index in [2.05, 4.69) is 6.58 Å². The largest absolute Gasteiger partial charge is 0.437 e. The lowest BCUT2D eigenvalue weighted by molar-refractivity contribution is -0.0588. The van der Waals surface area contributed by atoms with Crippen LogP contribution in [0.2, 0.25) is 0 Å². The van der Waals surface area contributed by atoms with E-state index in [0.717, 1.165) is 11.1 Å². The van der Waals surface area contributed by atoms with Gasteiger partial charge in [-0.2, -0.15) is 0 Å². The number of carbonyl (C=O) groups excluding carboxylic acids is 1. The molecule has 0 aliphatic carbocycles. The molecule has 2 aromatic rings. The van der Waals surface area contributed by atoms with E-state index in [4.69, 9.17) is 4.74 Å². The Morgan fingerprint density at radius 3 is 2.46 bits per heavy atom. The third-order valence-electron chi connectivity index (χ3n) is 5.15. The van der Waals surface area contributed by atoms with Crippen LogP contribution >= 0.6 is 0 Å². The summed E-state index contributed by atoms with van der Waals surface area (Å²) in [6.45, 7) is 8.41. The third-order valence-corrected chi connectivity index (χ3v) is 5.15. The van der Waals surface area contributed by atoms with Crippen molar-refractivity contribution in [2.45, 2.75) is 38.3 Å². The Balaban J connectivity index is 1.83. The molecule has 3 nitrogen and oxygen atoms in total. The van der Waals surface area contributed by atoms with Crippen molar-refractivity contribution in [3.05, 3.63) is 83.7 Å². The lowest BCUT2D eigenvalue weighted by Gasteiger charge is -2.43. The smallest absolute Gasteiger partial charge is 0.411 e. The molecule has 1 fully saturated rings. The van der Waals surface area contributed by atoms with Crippen LogP contribution in [0.3, 0.4) is 0 Å². The second-order valence-electron chi connectivity index (χ2n) is 6.89. The van der Waals surface area contributed by atoms with Crippen molar-refractivity contribution in [2.24, 2.45) is 0 Å². The summed E-state index contributed by atoms with van der Waals surface area (Å²) in [5.41, 5.74) is 2.28. The lowest BCUT2D eigenvalue weighted by Crippen LogP contribution is -2.48. The van der Waals surface area contributed by atoms with Crippen LogP contribution in [0.15, 0.2) is 61.2 Å². The zero-order valence-corrected chi connectivity index (χ0v) is 15.2. The minimum Gasteiger partial charge on any atom is -0.437 e. The second kappa shape index (κ2) is 7.32. The zero-order chi connectivity index (χ0) is 18.7. The van der Waals surface area contributed by atoms with Gasteiger partial charge in [0.15, 0.2) is 0 Å². The molecule has 0 spiro atoms. The molecule has 1 heterocycles. The Morgan fingerprint density at radius 2 is 1.88 bits per heavy atom. The zero-order valence-electron chi connectivity index (χ0n) is 15.2. The van der Waals surface area contributed by atoms with Crippen molar-refractivity contribution in [1.82, 2.24) is 4.90 Å². The number of ether oxygens (including phenoxy) is 1. The van der Waals surface area contributed by atoms with Crippen molar-refractivity contribution < 1.29 is 13.9 Å². The lowest BCUT2D eigenvalue weighted by atomic mass is 9.85. The highest BCUT2D eigenvalue weighted by atomic mass is 19.1. The molecule has 0 unspecified atom stereocenters. The summed E-state index contributed by atoms with van der Waals surface area (Å²) >= 11 is 0. The SMILES string of the molecule is C=CC[C@]1(c2ccc(F)cc2)CCN([C@@H](C)c2ccc(C)cc2)C(=O)O1. The number of cyclic esters (lactones) is 1. The number of amides is 1. The Labute approximate surface area is 154 Å². The number of hydrogen-bond donors (Lipinski definition) is 0. The number of benzene rings is 2. The van der Waals surface area contributed by atoms with E-state index in [1.807, 2.05) is 38.1 Å². The van der Waals surface area contributed by atoms with Gasteiger partial charge in [-0.3, -0.25) is 0 Å². The van der Waals surface area contributed by atoms with E-state index >= 15 is 0 Å². The van der Waals surface area contributed by atoms with Crippen LogP contribution in [0.5, 0.6) is 0 Å². The number of rotatable bonds is 5. The highest BCUT2D eigenvalue weighted by Crippen LogP contribution is 2.39. The van der Waals surface area contributed by atoms with Crippen molar-refractivity contribution in [3.8, 4) is 0 Å². The molecule has 4 heteroatoms. The maximum Gasteiger partial charge on any atom is 0.411 e. The molecule has 1 aliphatic heterocycles. The average Bonchev–Trinajstić information content (AvgIpc) is 2.63. The fourth-order valence-corrected chi connectivity index (χ4v) is 3.50. The summed E-state index contributed by atoms with van der Waals surface area (Å²) < 4.78 is 19.2. The Bertz CT molecular complexity index is 785. The molecule has 0 bridgehead atoms. The molecular formula is C22H24FNO2. The van der Waals surface area contributed by atoms with Gasteiger partial charge in [-0.25, -0.2) is 9.18 Å². The van der Waals surface area contributed by atoms with Crippen LogP contribution in [-0.4, -0.2) is 17.5 Å². The highest BCUT2D eigenvalue weighted by Gasteiger charge is 2.42. The van der Waals surface area contributed by atoms with E-state index in [1.54, 1.807) is 23.1 Å². The van der Waals surface area contributed by atoms with Gasteiger partial charge in [0.2, 0.25) is 0 Å². The number of halogens is 1. The topological polar surface area (TPSA) is 29.5 Å². The molecule has 26 heavy (non-hydrogen) atoms. The van der Waals surface area contributed by atoms with E-state index in [9.17, 15) is 9.18 Å². The summed E-state index contributed by atoms with van der Waals surface area (Å²) in [4.78, 5) is 14.5. The molecule has 0 aromatic heterocycles.